The molecule has 3 aliphatic heterocycles. The van der Waals surface area contributed by atoms with Gasteiger partial charge in [-0.2, -0.15) is 0 Å². The molecule has 1 atom stereocenters. The summed E-state index contributed by atoms with van der Waals surface area (Å²) in [4.78, 5) is 21.7. The highest BCUT2D eigenvalue weighted by Gasteiger charge is 2.43. The first-order valence-corrected chi connectivity index (χ1v) is 14.6. The Hall–Kier alpha value is -2.59. The Kier molecular flexibility index (Phi) is 8.34. The van der Waals surface area contributed by atoms with E-state index in [4.69, 9.17) is 0 Å². The Morgan fingerprint density at radius 1 is 0.865 bits per heavy atom. The number of benzene rings is 2. The summed E-state index contributed by atoms with van der Waals surface area (Å²) < 4.78 is 0. The first-order chi connectivity index (χ1) is 18.1. The van der Waals surface area contributed by atoms with E-state index in [9.17, 15) is 4.79 Å². The van der Waals surface area contributed by atoms with E-state index < -0.39 is 5.41 Å². The lowest BCUT2D eigenvalue weighted by Gasteiger charge is -2.47. The van der Waals surface area contributed by atoms with E-state index in [1.54, 1.807) is 0 Å². The second-order valence-corrected chi connectivity index (χ2v) is 11.6. The molecule has 3 aliphatic rings. The van der Waals surface area contributed by atoms with Crippen molar-refractivity contribution in [1.82, 2.24) is 14.7 Å². The third kappa shape index (κ3) is 5.80. The summed E-state index contributed by atoms with van der Waals surface area (Å²) in [6.07, 6.45) is 8.94. The van der Waals surface area contributed by atoms with Crippen LogP contribution in [0.1, 0.15) is 76.8 Å². The van der Waals surface area contributed by atoms with E-state index in [-0.39, 0.29) is 7.34 Å². The number of nitrogens with zero attached hydrogens (tertiary/aromatic N) is 3. The number of hydrogen-bond acceptors (Lipinski definition) is 4. The van der Waals surface area contributed by atoms with Crippen molar-refractivity contribution in [1.29, 1.82) is 0 Å². The summed E-state index contributed by atoms with van der Waals surface area (Å²) in [7, 11) is 0. The lowest BCUT2D eigenvalue weighted by atomic mass is 9.67. The molecule has 0 saturated carbocycles. The fourth-order valence-corrected chi connectivity index (χ4v) is 6.98. The minimum absolute atomic E-state index is 0. The molecule has 0 unspecified atom stereocenters. The zero-order chi connectivity index (χ0) is 25.7. The molecule has 37 heavy (non-hydrogen) atoms. The summed E-state index contributed by atoms with van der Waals surface area (Å²) >= 11 is 0. The highest BCUT2D eigenvalue weighted by molar-refractivity contribution is 5.91. The fraction of sp³-hybridized carbons (Fsp3) is 0.545. The summed E-state index contributed by atoms with van der Waals surface area (Å²) in [5.74, 6) is 1.79. The molecule has 3 saturated heterocycles. The molecule has 0 N–H and O–H groups in total. The minimum Gasteiger partial charge on any atom is -0.359 e. The van der Waals surface area contributed by atoms with Gasteiger partial charge in [0, 0.05) is 40.1 Å². The quantitative estimate of drug-likeness (QED) is 0.415. The molecule has 0 amide bonds. The Morgan fingerprint density at radius 2 is 1.43 bits per heavy atom. The van der Waals surface area contributed by atoms with Crippen LogP contribution in [0.2, 0.25) is 0 Å². The number of carbonyl (C=O) groups excluding carboxylic acids is 1. The molecule has 5 rings (SSSR count). The Labute approximate surface area is 225 Å². The smallest absolute Gasteiger partial charge is 0.144 e. The number of carbonyl (C=O) groups is 1. The third-order valence-electron chi connectivity index (χ3n) is 9.44. The van der Waals surface area contributed by atoms with Crippen molar-refractivity contribution in [3.8, 4) is 0 Å². The molecule has 3 fully saturated rings. The fourth-order valence-electron chi connectivity index (χ4n) is 6.98. The number of ketones is 1. The number of Topliss-reactive ketones (excluding diaryl/α,β-unsaturated/α-hetero) is 1. The number of rotatable bonds is 8. The van der Waals surface area contributed by atoms with Crippen LogP contribution < -0.4 is 0 Å². The summed E-state index contributed by atoms with van der Waals surface area (Å²) in [5.41, 5.74) is 2.04. The topological polar surface area (TPSA) is 26.8 Å². The van der Waals surface area contributed by atoms with E-state index >= 15 is 0 Å². The van der Waals surface area contributed by atoms with Crippen LogP contribution in [0.3, 0.4) is 0 Å². The average molecular weight is 502 g/mol. The highest BCUT2D eigenvalue weighted by Crippen LogP contribution is 2.40. The van der Waals surface area contributed by atoms with Gasteiger partial charge in [0.15, 0.2) is 0 Å². The largest absolute Gasteiger partial charge is 0.359 e. The zero-order valence-electron chi connectivity index (χ0n) is 22.8. The maximum absolute atomic E-state index is 14.0. The normalized spacial score (nSPS) is 22.0. The van der Waals surface area contributed by atoms with Crippen LogP contribution in [0.5, 0.6) is 0 Å². The van der Waals surface area contributed by atoms with Crippen molar-refractivity contribution in [2.75, 3.05) is 39.3 Å². The molecular formula is C33H47N3O. The van der Waals surface area contributed by atoms with E-state index in [1.165, 1.54) is 62.1 Å². The van der Waals surface area contributed by atoms with Gasteiger partial charge in [-0.15, -0.1) is 0 Å². The number of hydrogen-bond donors (Lipinski definition) is 0. The van der Waals surface area contributed by atoms with E-state index in [2.05, 4.69) is 82.8 Å². The third-order valence-corrected chi connectivity index (χ3v) is 9.44. The maximum atomic E-state index is 14.0. The predicted molar refractivity (Wildman–Crippen MR) is 155 cm³/mol. The average Bonchev–Trinajstić information content (AvgIpc) is 2.98. The van der Waals surface area contributed by atoms with Gasteiger partial charge in [0.05, 0.1) is 11.2 Å². The summed E-state index contributed by atoms with van der Waals surface area (Å²) in [6, 6.07) is 21.8. The SMILES string of the molecule is C=C(N1CCC(N2CCCCC2)CC1)N1CCC(C(=O)C[C@@H](C)c2ccccc2)(c2ccccc2)CC1.[HH]. The summed E-state index contributed by atoms with van der Waals surface area (Å²) in [5, 5.41) is 0. The second-order valence-electron chi connectivity index (χ2n) is 11.6. The second kappa shape index (κ2) is 11.9. The Balaban J connectivity index is 0.00000336. The van der Waals surface area contributed by atoms with Crippen molar-refractivity contribution >= 4 is 5.78 Å². The predicted octanol–water partition coefficient (Wildman–Crippen LogP) is 6.45. The zero-order valence-corrected chi connectivity index (χ0v) is 22.8. The minimum atomic E-state index is -0.400. The first kappa shape index (κ1) is 26.0. The van der Waals surface area contributed by atoms with Gasteiger partial charge in [-0.05, 0) is 68.7 Å². The monoisotopic (exact) mass is 501 g/mol. The van der Waals surface area contributed by atoms with Gasteiger partial charge >= 0.3 is 0 Å². The van der Waals surface area contributed by atoms with Crippen molar-refractivity contribution < 1.29 is 6.22 Å². The molecule has 2 aromatic carbocycles. The van der Waals surface area contributed by atoms with Crippen molar-refractivity contribution in [3.63, 3.8) is 0 Å². The van der Waals surface area contributed by atoms with Crippen molar-refractivity contribution in [2.24, 2.45) is 0 Å². The van der Waals surface area contributed by atoms with Crippen LogP contribution in [-0.4, -0.2) is 65.8 Å². The molecule has 0 radical (unpaired) electrons. The van der Waals surface area contributed by atoms with Crippen molar-refractivity contribution in [2.45, 2.75) is 75.7 Å². The van der Waals surface area contributed by atoms with Crippen LogP contribution >= 0.6 is 0 Å². The van der Waals surface area contributed by atoms with E-state index in [0.717, 1.165) is 45.1 Å². The lowest BCUT2D eigenvalue weighted by Crippen LogP contribution is -2.51. The lowest BCUT2D eigenvalue weighted by molar-refractivity contribution is -0.126. The van der Waals surface area contributed by atoms with Crippen LogP contribution in [0.4, 0.5) is 0 Å². The van der Waals surface area contributed by atoms with Crippen molar-refractivity contribution in [3.05, 3.63) is 84.2 Å². The van der Waals surface area contributed by atoms with Crippen LogP contribution in [0.15, 0.2) is 73.1 Å². The molecule has 3 heterocycles. The van der Waals surface area contributed by atoms with Gasteiger partial charge in [-0.25, -0.2) is 0 Å². The number of likely N-dealkylation sites (tertiary alicyclic amines) is 3. The first-order valence-electron chi connectivity index (χ1n) is 14.6. The van der Waals surface area contributed by atoms with Crippen LogP contribution in [0, 0.1) is 0 Å². The Bertz CT molecular complexity index is 1020. The van der Waals surface area contributed by atoms with Gasteiger partial charge in [-0.1, -0.05) is 80.6 Å². The van der Waals surface area contributed by atoms with E-state index in [1.807, 2.05) is 6.07 Å². The summed E-state index contributed by atoms with van der Waals surface area (Å²) in [6.45, 7) is 13.3. The molecule has 2 aromatic rings. The maximum Gasteiger partial charge on any atom is 0.144 e. The highest BCUT2D eigenvalue weighted by atomic mass is 16.1. The van der Waals surface area contributed by atoms with Gasteiger partial charge in [0.25, 0.3) is 0 Å². The molecule has 0 bridgehead atoms. The molecule has 0 aliphatic carbocycles. The standard InChI is InChI=1S/C33H45N3O.H2/c1-27(29-12-6-3-7-13-29)26-32(37)33(30-14-8-4-9-15-30)18-24-35(25-19-33)28(2)34-22-16-31(17-23-34)36-20-10-5-11-21-36;/h3-4,6-9,12-15,27,31H,2,5,10-11,16-26H2,1H3;1H/t27-;/m1./s1. The number of piperidine rings is 3. The van der Waals surface area contributed by atoms with Crippen LogP contribution in [0.25, 0.3) is 0 Å². The van der Waals surface area contributed by atoms with Gasteiger partial charge in [0.1, 0.15) is 5.78 Å². The molecule has 0 spiro atoms. The van der Waals surface area contributed by atoms with Gasteiger partial charge < -0.3 is 14.7 Å². The van der Waals surface area contributed by atoms with Crippen LogP contribution in [-0.2, 0) is 10.2 Å². The molecular weight excluding hydrogens is 454 g/mol. The molecule has 200 valence electrons. The molecule has 4 heteroatoms. The molecule has 0 aromatic heterocycles. The van der Waals surface area contributed by atoms with E-state index in [0.29, 0.717) is 12.2 Å². The van der Waals surface area contributed by atoms with Gasteiger partial charge in [-0.3, -0.25) is 4.79 Å². The Morgan fingerprint density at radius 3 is 2.05 bits per heavy atom. The molecule has 4 nitrogen and oxygen atoms in total. The van der Waals surface area contributed by atoms with Gasteiger partial charge in [0.2, 0.25) is 0 Å².